The summed E-state index contributed by atoms with van der Waals surface area (Å²) in [6.07, 6.45) is 2.84. The SMILES string of the molecule is O=C(CCSc1ccc(F)cc1)Nc1nc(C2CC2)cs1. The smallest absolute Gasteiger partial charge is 0.226 e. The van der Waals surface area contributed by atoms with Crippen molar-refractivity contribution >= 4 is 34.1 Å². The van der Waals surface area contributed by atoms with Gasteiger partial charge in [0.15, 0.2) is 5.13 Å². The van der Waals surface area contributed by atoms with Crippen molar-refractivity contribution in [3.05, 3.63) is 41.2 Å². The zero-order valence-corrected chi connectivity index (χ0v) is 13.0. The maximum Gasteiger partial charge on any atom is 0.226 e. The summed E-state index contributed by atoms with van der Waals surface area (Å²) < 4.78 is 12.8. The van der Waals surface area contributed by atoms with Crippen LogP contribution in [0, 0.1) is 5.82 Å². The third-order valence-corrected chi connectivity index (χ3v) is 4.97. The molecule has 0 radical (unpaired) electrons. The first kappa shape index (κ1) is 14.5. The van der Waals surface area contributed by atoms with Gasteiger partial charge in [0.2, 0.25) is 5.91 Å². The van der Waals surface area contributed by atoms with Gasteiger partial charge in [0.1, 0.15) is 5.82 Å². The highest BCUT2D eigenvalue weighted by Gasteiger charge is 2.26. The summed E-state index contributed by atoms with van der Waals surface area (Å²) in [7, 11) is 0. The minimum atomic E-state index is -0.243. The van der Waals surface area contributed by atoms with E-state index >= 15 is 0 Å². The molecule has 6 heteroatoms. The second-order valence-corrected chi connectivity index (χ2v) is 6.98. The minimum Gasteiger partial charge on any atom is -0.302 e. The molecular formula is C15H15FN2OS2. The standard InChI is InChI=1S/C15H15FN2OS2/c16-11-3-5-12(6-4-11)20-8-7-14(19)18-15-17-13(9-21-15)10-1-2-10/h3-6,9-10H,1-2,7-8H2,(H,17,18,19). The molecule has 1 saturated carbocycles. The molecule has 0 saturated heterocycles. The van der Waals surface area contributed by atoms with E-state index in [9.17, 15) is 9.18 Å². The number of aromatic nitrogens is 1. The van der Waals surface area contributed by atoms with Crippen LogP contribution >= 0.6 is 23.1 Å². The first-order valence-electron chi connectivity index (χ1n) is 6.84. The van der Waals surface area contributed by atoms with E-state index < -0.39 is 0 Å². The molecule has 3 rings (SSSR count). The summed E-state index contributed by atoms with van der Waals surface area (Å²) in [6, 6.07) is 6.30. The van der Waals surface area contributed by atoms with Gasteiger partial charge in [-0.25, -0.2) is 9.37 Å². The van der Waals surface area contributed by atoms with Gasteiger partial charge in [0, 0.05) is 28.4 Å². The van der Waals surface area contributed by atoms with Crippen molar-refractivity contribution in [2.45, 2.75) is 30.1 Å². The van der Waals surface area contributed by atoms with Crippen LogP contribution in [0.25, 0.3) is 0 Å². The molecule has 0 unspecified atom stereocenters. The van der Waals surface area contributed by atoms with E-state index in [0.29, 0.717) is 23.2 Å². The van der Waals surface area contributed by atoms with E-state index in [1.807, 2.05) is 5.38 Å². The monoisotopic (exact) mass is 322 g/mol. The van der Waals surface area contributed by atoms with E-state index in [2.05, 4.69) is 10.3 Å². The molecule has 1 aliphatic rings. The number of thiazole rings is 1. The van der Waals surface area contributed by atoms with Gasteiger partial charge in [-0.15, -0.1) is 23.1 Å². The molecule has 1 N–H and O–H groups in total. The zero-order valence-electron chi connectivity index (χ0n) is 11.3. The number of hydrogen-bond acceptors (Lipinski definition) is 4. The van der Waals surface area contributed by atoms with Crippen molar-refractivity contribution in [1.29, 1.82) is 0 Å². The Kier molecular flexibility index (Phi) is 4.55. The molecule has 1 aromatic carbocycles. The van der Waals surface area contributed by atoms with Crippen LogP contribution < -0.4 is 5.32 Å². The summed E-state index contributed by atoms with van der Waals surface area (Å²) in [5, 5.41) is 5.55. The summed E-state index contributed by atoms with van der Waals surface area (Å²) >= 11 is 3.03. The predicted molar refractivity (Wildman–Crippen MR) is 84.5 cm³/mol. The predicted octanol–water partition coefficient (Wildman–Crippen LogP) is 4.28. The Morgan fingerprint density at radius 1 is 1.38 bits per heavy atom. The highest BCUT2D eigenvalue weighted by molar-refractivity contribution is 7.99. The number of nitrogens with one attached hydrogen (secondary N) is 1. The van der Waals surface area contributed by atoms with Crippen LogP contribution in [-0.4, -0.2) is 16.6 Å². The fraction of sp³-hybridized carbons (Fsp3) is 0.333. The third-order valence-electron chi connectivity index (χ3n) is 3.18. The summed E-state index contributed by atoms with van der Waals surface area (Å²) in [5.74, 6) is 1.01. The maximum atomic E-state index is 12.8. The Labute approximate surface area is 131 Å². The van der Waals surface area contributed by atoms with Gasteiger partial charge in [0.05, 0.1) is 5.69 Å². The van der Waals surface area contributed by atoms with Crippen LogP contribution in [0.15, 0.2) is 34.5 Å². The Hall–Kier alpha value is -1.40. The van der Waals surface area contributed by atoms with Crippen molar-refractivity contribution < 1.29 is 9.18 Å². The average Bonchev–Trinajstić information content (AvgIpc) is 3.22. The second kappa shape index (κ2) is 6.58. The van der Waals surface area contributed by atoms with Gasteiger partial charge in [-0.1, -0.05) is 0 Å². The number of benzene rings is 1. The molecule has 21 heavy (non-hydrogen) atoms. The van der Waals surface area contributed by atoms with E-state index in [4.69, 9.17) is 0 Å². The van der Waals surface area contributed by atoms with Crippen LogP contribution in [0.5, 0.6) is 0 Å². The van der Waals surface area contributed by atoms with Crippen molar-refractivity contribution in [1.82, 2.24) is 4.98 Å². The summed E-state index contributed by atoms with van der Waals surface area (Å²) in [6.45, 7) is 0. The molecule has 0 bridgehead atoms. The van der Waals surface area contributed by atoms with Crippen molar-refractivity contribution in [3.8, 4) is 0 Å². The second-order valence-electron chi connectivity index (χ2n) is 4.95. The van der Waals surface area contributed by atoms with E-state index in [-0.39, 0.29) is 11.7 Å². The molecule has 1 aromatic heterocycles. The molecular weight excluding hydrogens is 307 g/mol. The highest BCUT2D eigenvalue weighted by Crippen LogP contribution is 2.40. The molecule has 1 heterocycles. The Morgan fingerprint density at radius 3 is 2.86 bits per heavy atom. The number of hydrogen-bond donors (Lipinski definition) is 1. The van der Waals surface area contributed by atoms with Gasteiger partial charge in [0.25, 0.3) is 0 Å². The lowest BCUT2D eigenvalue weighted by molar-refractivity contribution is -0.115. The topological polar surface area (TPSA) is 42.0 Å². The minimum absolute atomic E-state index is 0.0266. The fourth-order valence-corrected chi connectivity index (χ4v) is 3.54. The normalized spacial score (nSPS) is 14.1. The molecule has 0 atom stereocenters. The van der Waals surface area contributed by atoms with Crippen LogP contribution in [0.4, 0.5) is 9.52 Å². The van der Waals surface area contributed by atoms with E-state index in [1.54, 1.807) is 23.9 Å². The molecule has 1 fully saturated rings. The lowest BCUT2D eigenvalue weighted by Crippen LogP contribution is -2.12. The van der Waals surface area contributed by atoms with Crippen LogP contribution in [0.3, 0.4) is 0 Å². The fourth-order valence-electron chi connectivity index (χ4n) is 1.88. The molecule has 110 valence electrons. The third kappa shape index (κ3) is 4.28. The van der Waals surface area contributed by atoms with Gasteiger partial charge in [-0.2, -0.15) is 0 Å². The lowest BCUT2D eigenvalue weighted by atomic mass is 10.3. The number of nitrogens with zero attached hydrogens (tertiary/aromatic N) is 1. The van der Waals surface area contributed by atoms with Crippen molar-refractivity contribution in [2.75, 3.05) is 11.1 Å². The Bertz CT molecular complexity index is 623. The zero-order chi connectivity index (χ0) is 14.7. The summed E-state index contributed by atoms with van der Waals surface area (Å²) in [5.41, 5.74) is 1.11. The molecule has 2 aromatic rings. The first-order chi connectivity index (χ1) is 10.2. The number of rotatable bonds is 6. The summed E-state index contributed by atoms with van der Waals surface area (Å²) in [4.78, 5) is 17.2. The van der Waals surface area contributed by atoms with Gasteiger partial charge >= 0.3 is 0 Å². The van der Waals surface area contributed by atoms with Crippen LogP contribution in [0.1, 0.15) is 30.9 Å². The van der Waals surface area contributed by atoms with Crippen molar-refractivity contribution in [3.63, 3.8) is 0 Å². The molecule has 0 aliphatic heterocycles. The van der Waals surface area contributed by atoms with Gasteiger partial charge in [-0.3, -0.25) is 4.79 Å². The Balaban J connectivity index is 1.42. The number of carbonyl (C=O) groups excluding carboxylic acids is 1. The van der Waals surface area contributed by atoms with Crippen LogP contribution in [0.2, 0.25) is 0 Å². The average molecular weight is 322 g/mol. The quantitative estimate of drug-likeness (QED) is 0.807. The molecule has 1 aliphatic carbocycles. The first-order valence-corrected chi connectivity index (χ1v) is 8.71. The van der Waals surface area contributed by atoms with Gasteiger partial charge < -0.3 is 5.32 Å². The van der Waals surface area contributed by atoms with E-state index in [0.717, 1.165) is 10.6 Å². The maximum absolute atomic E-state index is 12.8. The van der Waals surface area contributed by atoms with Crippen LogP contribution in [-0.2, 0) is 4.79 Å². The molecule has 3 nitrogen and oxygen atoms in total. The highest BCUT2D eigenvalue weighted by atomic mass is 32.2. The lowest BCUT2D eigenvalue weighted by Gasteiger charge is -2.02. The number of halogens is 1. The van der Waals surface area contributed by atoms with E-state index in [1.165, 1.54) is 36.3 Å². The number of thioether (sulfide) groups is 1. The molecule has 1 amide bonds. The number of carbonyl (C=O) groups is 1. The Morgan fingerprint density at radius 2 is 2.14 bits per heavy atom. The number of anilines is 1. The number of amides is 1. The largest absolute Gasteiger partial charge is 0.302 e. The molecule has 0 spiro atoms. The van der Waals surface area contributed by atoms with Crippen molar-refractivity contribution in [2.24, 2.45) is 0 Å². The van der Waals surface area contributed by atoms with Gasteiger partial charge in [-0.05, 0) is 37.1 Å².